The smallest absolute Gasteiger partial charge is 0.233 e. The lowest BCUT2D eigenvalue weighted by Crippen LogP contribution is -2.33. The molecule has 1 rings (SSSR count). The lowest BCUT2D eigenvalue weighted by atomic mass is 10.2. The van der Waals surface area contributed by atoms with E-state index in [1.54, 1.807) is 0 Å². The van der Waals surface area contributed by atoms with Gasteiger partial charge in [0.2, 0.25) is 11.8 Å². The molecule has 1 aromatic rings. The number of carbonyl (C=O) groups is 2. The van der Waals surface area contributed by atoms with Crippen LogP contribution in [0.3, 0.4) is 0 Å². The van der Waals surface area contributed by atoms with E-state index in [0.29, 0.717) is 5.69 Å². The van der Waals surface area contributed by atoms with Gasteiger partial charge in [-0.3, -0.25) is 9.59 Å². The Hall–Kier alpha value is -1.43. The van der Waals surface area contributed by atoms with E-state index in [4.69, 9.17) is 0 Å². The summed E-state index contributed by atoms with van der Waals surface area (Å²) in [4.78, 5) is 23.0. The summed E-state index contributed by atoms with van der Waals surface area (Å²) in [5.41, 5.74) is 0.534. The van der Waals surface area contributed by atoms with Gasteiger partial charge in [-0.05, 0) is 30.7 Å². The number of hydrogen-bond acceptors (Lipinski definition) is 2. The molecule has 0 spiro atoms. The first kappa shape index (κ1) is 16.6. The lowest BCUT2D eigenvalue weighted by molar-refractivity contribution is -0.120. The minimum atomic E-state index is -0.352. The van der Waals surface area contributed by atoms with Gasteiger partial charge in [0.1, 0.15) is 5.82 Å². The molecule has 0 fully saturated rings. The van der Waals surface area contributed by atoms with Crippen LogP contribution in [0.15, 0.2) is 24.3 Å². The van der Waals surface area contributed by atoms with Crippen LogP contribution in [0.2, 0.25) is 0 Å². The summed E-state index contributed by atoms with van der Waals surface area (Å²) in [6.07, 6.45) is 1.84. The maximum atomic E-state index is 12.7. The van der Waals surface area contributed by atoms with Gasteiger partial charge < -0.3 is 10.6 Å². The summed E-state index contributed by atoms with van der Waals surface area (Å²) in [5, 5.41) is 5.32. The largest absolute Gasteiger partial charge is 0.355 e. The van der Waals surface area contributed by atoms with Crippen molar-refractivity contribution in [3.8, 4) is 0 Å². The predicted molar refractivity (Wildman–Crippen MR) is 80.3 cm³/mol. The molecule has 110 valence electrons. The Bertz CT molecular complexity index is 451. The van der Waals surface area contributed by atoms with E-state index in [9.17, 15) is 14.0 Å². The van der Waals surface area contributed by atoms with Crippen LogP contribution in [-0.4, -0.2) is 23.2 Å². The normalized spacial score (nSPS) is 11.8. The minimum Gasteiger partial charge on any atom is -0.355 e. The molecule has 4 nitrogen and oxygen atoms in total. The van der Waals surface area contributed by atoms with Gasteiger partial charge in [0.15, 0.2) is 0 Å². The fourth-order valence-corrected chi connectivity index (χ4v) is 2.17. The van der Waals surface area contributed by atoms with Crippen LogP contribution >= 0.6 is 15.9 Å². The first-order chi connectivity index (χ1) is 9.52. The van der Waals surface area contributed by atoms with Gasteiger partial charge in [-0.1, -0.05) is 29.3 Å². The molecule has 0 bridgehead atoms. The zero-order chi connectivity index (χ0) is 15.0. The second kappa shape index (κ2) is 8.68. The molecule has 0 aliphatic heterocycles. The monoisotopic (exact) mass is 344 g/mol. The van der Waals surface area contributed by atoms with Crippen molar-refractivity contribution in [2.24, 2.45) is 0 Å². The van der Waals surface area contributed by atoms with Crippen molar-refractivity contribution in [2.75, 3.05) is 11.9 Å². The summed E-state index contributed by atoms with van der Waals surface area (Å²) in [7, 11) is 0. The van der Waals surface area contributed by atoms with E-state index in [2.05, 4.69) is 26.6 Å². The molecule has 0 aromatic heterocycles. The third-order valence-corrected chi connectivity index (χ3v) is 3.48. The molecule has 0 saturated carbocycles. The summed E-state index contributed by atoms with van der Waals surface area (Å²) in [6, 6.07) is 5.53. The zero-order valence-electron chi connectivity index (χ0n) is 11.3. The van der Waals surface area contributed by atoms with Crippen molar-refractivity contribution in [2.45, 2.75) is 31.0 Å². The zero-order valence-corrected chi connectivity index (χ0v) is 12.9. The van der Waals surface area contributed by atoms with Crippen LogP contribution in [0, 0.1) is 5.82 Å². The first-order valence-electron chi connectivity index (χ1n) is 6.50. The van der Waals surface area contributed by atoms with Crippen LogP contribution in [0.25, 0.3) is 0 Å². The minimum absolute atomic E-state index is 0.110. The lowest BCUT2D eigenvalue weighted by Gasteiger charge is -2.10. The highest BCUT2D eigenvalue weighted by Crippen LogP contribution is 2.09. The Morgan fingerprint density at radius 1 is 1.30 bits per heavy atom. The second-order valence-corrected chi connectivity index (χ2v) is 5.46. The Labute approximate surface area is 126 Å². The molecule has 0 aliphatic carbocycles. The Morgan fingerprint density at radius 2 is 1.95 bits per heavy atom. The van der Waals surface area contributed by atoms with Crippen LogP contribution in [-0.2, 0) is 9.59 Å². The molecule has 6 heteroatoms. The highest BCUT2D eigenvalue weighted by atomic mass is 79.9. The number of benzene rings is 1. The summed E-state index contributed by atoms with van der Waals surface area (Å²) in [5.74, 6) is -0.686. The van der Waals surface area contributed by atoms with Crippen molar-refractivity contribution in [1.82, 2.24) is 5.32 Å². The maximum Gasteiger partial charge on any atom is 0.233 e. The summed E-state index contributed by atoms with van der Waals surface area (Å²) >= 11 is 3.28. The summed E-state index contributed by atoms with van der Waals surface area (Å²) < 4.78 is 12.7. The van der Waals surface area contributed by atoms with Gasteiger partial charge in [-0.25, -0.2) is 4.39 Å². The molecule has 2 N–H and O–H groups in total. The number of nitrogens with one attached hydrogen (secondary N) is 2. The van der Waals surface area contributed by atoms with Crippen LogP contribution in [0.1, 0.15) is 26.2 Å². The molecule has 0 saturated heterocycles. The van der Waals surface area contributed by atoms with E-state index in [1.807, 2.05) is 6.92 Å². The van der Waals surface area contributed by atoms with Crippen molar-refractivity contribution in [3.05, 3.63) is 30.1 Å². The van der Waals surface area contributed by atoms with Crippen LogP contribution in [0.4, 0.5) is 10.1 Å². The fourth-order valence-electron chi connectivity index (χ4n) is 1.55. The Kier molecular flexibility index (Phi) is 7.22. The van der Waals surface area contributed by atoms with Gasteiger partial charge in [-0.15, -0.1) is 0 Å². The number of alkyl halides is 1. The van der Waals surface area contributed by atoms with Crippen LogP contribution in [0.5, 0.6) is 0 Å². The average molecular weight is 345 g/mol. The molecule has 1 aromatic carbocycles. The topological polar surface area (TPSA) is 58.2 Å². The molecule has 1 atom stereocenters. The number of rotatable bonds is 7. The highest BCUT2D eigenvalue weighted by molar-refractivity contribution is 9.10. The molecule has 20 heavy (non-hydrogen) atoms. The quantitative estimate of drug-likeness (QED) is 0.747. The standard InChI is InChI=1S/C14H18BrFN2O2/c1-2-3-12(15)14(20)17-9-8-13(19)18-11-6-4-10(16)5-7-11/h4-7,12H,2-3,8-9H2,1H3,(H,17,20)(H,18,19). The number of anilines is 1. The predicted octanol–water partition coefficient (Wildman–Crippen LogP) is 2.83. The molecule has 2 amide bonds. The highest BCUT2D eigenvalue weighted by Gasteiger charge is 2.13. The van der Waals surface area contributed by atoms with Gasteiger partial charge >= 0.3 is 0 Å². The van der Waals surface area contributed by atoms with E-state index in [1.165, 1.54) is 24.3 Å². The maximum absolute atomic E-state index is 12.7. The molecular formula is C14H18BrFN2O2. The van der Waals surface area contributed by atoms with Crippen molar-refractivity contribution in [1.29, 1.82) is 0 Å². The SMILES string of the molecule is CCCC(Br)C(=O)NCCC(=O)Nc1ccc(F)cc1. The number of hydrogen-bond donors (Lipinski definition) is 2. The second-order valence-electron chi connectivity index (χ2n) is 4.35. The molecule has 0 aliphatic rings. The molecule has 0 heterocycles. The number of halogens is 2. The van der Waals surface area contributed by atoms with Gasteiger partial charge in [-0.2, -0.15) is 0 Å². The fraction of sp³-hybridized carbons (Fsp3) is 0.429. The van der Waals surface area contributed by atoms with E-state index in [0.717, 1.165) is 12.8 Å². The van der Waals surface area contributed by atoms with Crippen LogP contribution < -0.4 is 10.6 Å². The first-order valence-corrected chi connectivity index (χ1v) is 7.41. The van der Waals surface area contributed by atoms with Crippen molar-refractivity contribution in [3.63, 3.8) is 0 Å². The molecule has 1 unspecified atom stereocenters. The van der Waals surface area contributed by atoms with Crippen molar-refractivity contribution < 1.29 is 14.0 Å². The van der Waals surface area contributed by atoms with E-state index < -0.39 is 0 Å². The Morgan fingerprint density at radius 3 is 2.55 bits per heavy atom. The summed E-state index contributed by atoms with van der Waals surface area (Å²) in [6.45, 7) is 2.27. The Balaban J connectivity index is 2.26. The molecule has 0 radical (unpaired) electrons. The number of carbonyl (C=O) groups excluding carboxylic acids is 2. The third-order valence-electron chi connectivity index (χ3n) is 2.61. The van der Waals surface area contributed by atoms with E-state index in [-0.39, 0.29) is 35.4 Å². The van der Waals surface area contributed by atoms with E-state index >= 15 is 0 Å². The van der Waals surface area contributed by atoms with Crippen molar-refractivity contribution >= 4 is 33.4 Å². The van der Waals surface area contributed by atoms with Gasteiger partial charge in [0, 0.05) is 18.7 Å². The number of amides is 2. The third kappa shape index (κ3) is 6.14. The average Bonchev–Trinajstić information content (AvgIpc) is 2.41. The van der Waals surface area contributed by atoms with Gasteiger partial charge in [0.05, 0.1) is 4.83 Å². The molecular weight excluding hydrogens is 327 g/mol. The van der Waals surface area contributed by atoms with Gasteiger partial charge in [0.25, 0.3) is 0 Å².